The van der Waals surface area contributed by atoms with Crippen molar-refractivity contribution in [3.8, 4) is 22.6 Å². The molecule has 3 aromatic rings. The maximum Gasteiger partial charge on any atom is 0.471 e. The smallest absolute Gasteiger partial charge is 0.361 e. The molecule has 0 atom stereocenters. The topological polar surface area (TPSA) is 65.0 Å². The molecule has 3 rings (SSSR count). The van der Waals surface area contributed by atoms with Gasteiger partial charge in [-0.1, -0.05) is 34.6 Å². The van der Waals surface area contributed by atoms with E-state index in [2.05, 4.69) is 19.8 Å². The lowest BCUT2D eigenvalue weighted by molar-refractivity contribution is -0.159. The van der Waals surface area contributed by atoms with Gasteiger partial charge in [0.25, 0.3) is 0 Å². The summed E-state index contributed by atoms with van der Waals surface area (Å²) in [5, 5.41) is 7.29. The van der Waals surface area contributed by atoms with Crippen molar-refractivity contribution >= 4 is 0 Å². The van der Waals surface area contributed by atoms with Crippen molar-refractivity contribution in [2.45, 2.75) is 20.0 Å². The number of hydrogen-bond donors (Lipinski definition) is 0. The number of benzene rings is 1. The summed E-state index contributed by atoms with van der Waals surface area (Å²) in [6.07, 6.45) is -4.65. The van der Waals surface area contributed by atoms with E-state index in [-0.39, 0.29) is 5.82 Å². The van der Waals surface area contributed by atoms with E-state index in [0.29, 0.717) is 17.0 Å². The Balaban J connectivity index is 1.92. The third kappa shape index (κ3) is 2.47. The molecule has 0 spiro atoms. The molecule has 0 bridgehead atoms. The minimum atomic E-state index is -4.65. The Bertz CT molecular complexity index is 804. The lowest BCUT2D eigenvalue weighted by Gasteiger charge is -1.99. The van der Waals surface area contributed by atoms with Crippen LogP contribution in [-0.4, -0.2) is 15.3 Å². The van der Waals surface area contributed by atoms with Crippen LogP contribution in [0.15, 0.2) is 33.3 Å². The van der Waals surface area contributed by atoms with Gasteiger partial charge >= 0.3 is 12.1 Å². The van der Waals surface area contributed by atoms with Gasteiger partial charge in [-0.05, 0) is 13.8 Å². The molecule has 0 aliphatic carbocycles. The maximum absolute atomic E-state index is 12.4. The number of alkyl halides is 3. The second-order valence-corrected chi connectivity index (χ2v) is 4.71. The van der Waals surface area contributed by atoms with Crippen molar-refractivity contribution in [3.63, 3.8) is 0 Å². The molecule has 0 radical (unpaired) electrons. The normalized spacial score (nSPS) is 11.9. The summed E-state index contributed by atoms with van der Waals surface area (Å²) in [4.78, 5) is 3.34. The van der Waals surface area contributed by atoms with Crippen molar-refractivity contribution in [3.05, 3.63) is 41.5 Å². The predicted octanol–water partition coefficient (Wildman–Crippen LogP) is 4.03. The molecular weight excluding hydrogens is 299 g/mol. The van der Waals surface area contributed by atoms with E-state index >= 15 is 0 Å². The zero-order chi connectivity index (χ0) is 15.9. The van der Waals surface area contributed by atoms with E-state index in [0.717, 1.165) is 11.1 Å². The number of nitrogens with zero attached hydrogens (tertiary/aromatic N) is 3. The molecule has 2 heterocycles. The second-order valence-electron chi connectivity index (χ2n) is 4.71. The number of halogens is 3. The summed E-state index contributed by atoms with van der Waals surface area (Å²) in [6, 6.07) is 6.63. The Morgan fingerprint density at radius 3 is 2.05 bits per heavy atom. The fourth-order valence-corrected chi connectivity index (χ4v) is 1.92. The van der Waals surface area contributed by atoms with Gasteiger partial charge in [0.05, 0.1) is 0 Å². The standard InChI is InChI=1S/C14H10F3N3O2/c1-7-8(2)21-19-11(7)9-3-5-10(6-4-9)12-18-13(22-20-12)14(15,16)17/h3-6H,1-2H3. The molecule has 1 aromatic carbocycles. The fraction of sp³-hybridized carbons (Fsp3) is 0.214. The van der Waals surface area contributed by atoms with E-state index in [1.165, 1.54) is 0 Å². The molecule has 0 aliphatic heterocycles. The molecule has 2 aromatic heterocycles. The van der Waals surface area contributed by atoms with E-state index in [1.54, 1.807) is 31.2 Å². The maximum atomic E-state index is 12.4. The van der Waals surface area contributed by atoms with Gasteiger partial charge in [-0.3, -0.25) is 0 Å². The van der Waals surface area contributed by atoms with Crippen molar-refractivity contribution < 1.29 is 22.2 Å². The number of aromatic nitrogens is 3. The molecule has 0 saturated heterocycles. The first-order valence-electron chi connectivity index (χ1n) is 6.31. The first-order valence-corrected chi connectivity index (χ1v) is 6.31. The highest BCUT2D eigenvalue weighted by molar-refractivity contribution is 5.67. The zero-order valence-electron chi connectivity index (χ0n) is 11.6. The molecule has 114 valence electrons. The SMILES string of the molecule is Cc1onc(-c2ccc(-c3noc(C(F)(F)F)n3)cc2)c1C. The summed E-state index contributed by atoms with van der Waals surface area (Å²) in [6.45, 7) is 3.68. The Hall–Kier alpha value is -2.64. The number of hydrogen-bond acceptors (Lipinski definition) is 5. The summed E-state index contributed by atoms with van der Waals surface area (Å²) in [5.74, 6) is -0.770. The molecule has 0 aliphatic rings. The number of aryl methyl sites for hydroxylation is 1. The monoisotopic (exact) mass is 309 g/mol. The van der Waals surface area contributed by atoms with Crippen LogP contribution < -0.4 is 0 Å². The van der Waals surface area contributed by atoms with E-state index < -0.39 is 12.1 Å². The summed E-state index contributed by atoms with van der Waals surface area (Å²) < 4.78 is 46.6. The molecular formula is C14H10F3N3O2. The molecule has 8 heteroatoms. The van der Waals surface area contributed by atoms with Gasteiger partial charge in [-0.25, -0.2) is 0 Å². The van der Waals surface area contributed by atoms with E-state index in [1.807, 2.05) is 6.92 Å². The quantitative estimate of drug-likeness (QED) is 0.715. The highest BCUT2D eigenvalue weighted by atomic mass is 19.4. The third-order valence-electron chi connectivity index (χ3n) is 3.24. The average Bonchev–Trinajstić information content (AvgIpc) is 3.08. The molecule has 0 fully saturated rings. The minimum Gasteiger partial charge on any atom is -0.361 e. The Morgan fingerprint density at radius 1 is 0.909 bits per heavy atom. The summed E-state index contributed by atoms with van der Waals surface area (Å²) in [7, 11) is 0. The minimum absolute atomic E-state index is 0.119. The first-order chi connectivity index (χ1) is 10.4. The second kappa shape index (κ2) is 4.97. The van der Waals surface area contributed by atoms with Crippen LogP contribution in [0.25, 0.3) is 22.6 Å². The van der Waals surface area contributed by atoms with Crippen LogP contribution in [-0.2, 0) is 6.18 Å². The highest BCUT2D eigenvalue weighted by Gasteiger charge is 2.38. The van der Waals surface area contributed by atoms with Crippen LogP contribution in [0.2, 0.25) is 0 Å². The Morgan fingerprint density at radius 2 is 1.55 bits per heavy atom. The van der Waals surface area contributed by atoms with Gasteiger partial charge in [0.1, 0.15) is 11.5 Å². The number of rotatable bonds is 2. The van der Waals surface area contributed by atoms with Crippen molar-refractivity contribution in [2.75, 3.05) is 0 Å². The van der Waals surface area contributed by atoms with Crippen molar-refractivity contribution in [2.24, 2.45) is 0 Å². The Kier molecular flexibility index (Phi) is 3.23. The fourth-order valence-electron chi connectivity index (χ4n) is 1.92. The van der Waals surface area contributed by atoms with E-state index in [9.17, 15) is 13.2 Å². The van der Waals surface area contributed by atoms with Gasteiger partial charge in [-0.15, -0.1) is 0 Å². The van der Waals surface area contributed by atoms with Crippen LogP contribution in [0.1, 0.15) is 17.2 Å². The molecule has 22 heavy (non-hydrogen) atoms. The van der Waals surface area contributed by atoms with Crippen LogP contribution in [0.3, 0.4) is 0 Å². The van der Waals surface area contributed by atoms with Crippen LogP contribution in [0.4, 0.5) is 13.2 Å². The first kappa shape index (κ1) is 14.3. The van der Waals surface area contributed by atoms with Gasteiger partial charge in [-0.2, -0.15) is 18.2 Å². The highest BCUT2D eigenvalue weighted by Crippen LogP contribution is 2.30. The van der Waals surface area contributed by atoms with Crippen LogP contribution in [0.5, 0.6) is 0 Å². The summed E-state index contributed by atoms with van der Waals surface area (Å²) >= 11 is 0. The van der Waals surface area contributed by atoms with E-state index in [4.69, 9.17) is 4.52 Å². The average molecular weight is 309 g/mol. The van der Waals surface area contributed by atoms with Crippen LogP contribution in [0, 0.1) is 13.8 Å². The largest absolute Gasteiger partial charge is 0.471 e. The molecule has 5 nitrogen and oxygen atoms in total. The predicted molar refractivity (Wildman–Crippen MR) is 69.7 cm³/mol. The molecule has 0 N–H and O–H groups in total. The lowest BCUT2D eigenvalue weighted by atomic mass is 10.1. The summed E-state index contributed by atoms with van der Waals surface area (Å²) in [5.41, 5.74) is 2.80. The Labute approximate surface area is 122 Å². The van der Waals surface area contributed by atoms with Gasteiger partial charge in [0.2, 0.25) is 5.82 Å². The van der Waals surface area contributed by atoms with Gasteiger partial charge in [0, 0.05) is 16.7 Å². The van der Waals surface area contributed by atoms with Crippen molar-refractivity contribution in [1.82, 2.24) is 15.3 Å². The molecule has 0 unspecified atom stereocenters. The third-order valence-corrected chi connectivity index (χ3v) is 3.24. The van der Waals surface area contributed by atoms with Gasteiger partial charge in [0.15, 0.2) is 0 Å². The van der Waals surface area contributed by atoms with Crippen molar-refractivity contribution in [1.29, 1.82) is 0 Å². The molecule has 0 saturated carbocycles. The zero-order valence-corrected chi connectivity index (χ0v) is 11.6. The van der Waals surface area contributed by atoms with Gasteiger partial charge < -0.3 is 9.05 Å². The van der Waals surface area contributed by atoms with Crippen LogP contribution >= 0.6 is 0 Å². The molecule has 0 amide bonds. The lowest BCUT2D eigenvalue weighted by Crippen LogP contribution is -2.04.